The zero-order chi connectivity index (χ0) is 14.1. The lowest BCUT2D eigenvalue weighted by atomic mass is 9.92. The number of methoxy groups -OCH3 is 1. The Kier molecular flexibility index (Phi) is 8.62. The average Bonchev–Trinajstić information content (AvgIpc) is 2.40. The molecule has 1 heterocycles. The van der Waals surface area contributed by atoms with Crippen molar-refractivity contribution in [1.29, 1.82) is 0 Å². The van der Waals surface area contributed by atoms with Gasteiger partial charge >= 0.3 is 0 Å². The summed E-state index contributed by atoms with van der Waals surface area (Å²) in [5.41, 5.74) is 6.17. The maximum atomic E-state index is 6.17. The molecule has 4 nitrogen and oxygen atoms in total. The van der Waals surface area contributed by atoms with Crippen molar-refractivity contribution in [3.05, 3.63) is 0 Å². The number of nitrogens with two attached hydrogens (primary N) is 1. The smallest absolute Gasteiger partial charge is 0.0984 e. The van der Waals surface area contributed by atoms with E-state index in [1.165, 1.54) is 25.7 Å². The van der Waals surface area contributed by atoms with Crippen LogP contribution in [0.5, 0.6) is 0 Å². The van der Waals surface area contributed by atoms with E-state index in [2.05, 4.69) is 13.8 Å². The van der Waals surface area contributed by atoms with Gasteiger partial charge in [-0.15, -0.1) is 0 Å². The third-order valence-electron chi connectivity index (χ3n) is 3.89. The first-order valence-electron chi connectivity index (χ1n) is 7.68. The lowest BCUT2D eigenvalue weighted by Crippen LogP contribution is -2.56. The molecule has 0 aliphatic carbocycles. The zero-order valence-electron chi connectivity index (χ0n) is 12.8. The van der Waals surface area contributed by atoms with E-state index in [0.717, 1.165) is 13.0 Å². The third kappa shape index (κ3) is 5.78. The number of hydrogen-bond donors (Lipinski definition) is 1. The van der Waals surface area contributed by atoms with E-state index < -0.39 is 0 Å². The second kappa shape index (κ2) is 9.70. The minimum atomic E-state index is -0.0890. The molecule has 0 aromatic heterocycles. The summed E-state index contributed by atoms with van der Waals surface area (Å²) in [6.07, 6.45) is 6.34. The van der Waals surface area contributed by atoms with Crippen LogP contribution < -0.4 is 5.73 Å². The average molecular weight is 273 g/mol. The van der Waals surface area contributed by atoms with Gasteiger partial charge in [-0.05, 0) is 6.42 Å². The van der Waals surface area contributed by atoms with Crippen LogP contribution in [0.15, 0.2) is 0 Å². The van der Waals surface area contributed by atoms with Crippen molar-refractivity contribution < 1.29 is 14.2 Å². The molecule has 0 aromatic rings. The van der Waals surface area contributed by atoms with E-state index in [9.17, 15) is 0 Å². The van der Waals surface area contributed by atoms with Gasteiger partial charge in [-0.2, -0.15) is 0 Å². The summed E-state index contributed by atoms with van der Waals surface area (Å²) in [5.74, 6) is 0.352. The van der Waals surface area contributed by atoms with Crippen LogP contribution in [0.25, 0.3) is 0 Å². The van der Waals surface area contributed by atoms with Crippen molar-refractivity contribution in [2.24, 2.45) is 11.7 Å². The molecule has 1 saturated heterocycles. The summed E-state index contributed by atoms with van der Waals surface area (Å²) >= 11 is 0. The van der Waals surface area contributed by atoms with Crippen molar-refractivity contribution in [3.63, 3.8) is 0 Å². The number of hydrogen-bond acceptors (Lipinski definition) is 4. The summed E-state index contributed by atoms with van der Waals surface area (Å²) in [6, 6.07) is -0.0890. The van der Waals surface area contributed by atoms with E-state index in [1.807, 2.05) is 0 Å². The first-order valence-corrected chi connectivity index (χ1v) is 7.68. The van der Waals surface area contributed by atoms with Crippen LogP contribution in [0.4, 0.5) is 0 Å². The Hall–Kier alpha value is -0.160. The van der Waals surface area contributed by atoms with Crippen LogP contribution in [-0.2, 0) is 14.2 Å². The Morgan fingerprint density at radius 1 is 1.21 bits per heavy atom. The molecule has 0 saturated carbocycles. The molecule has 1 aliphatic heterocycles. The van der Waals surface area contributed by atoms with Crippen molar-refractivity contribution in [2.45, 2.75) is 64.2 Å². The molecular weight excluding hydrogens is 242 g/mol. The molecule has 4 heteroatoms. The second-order valence-electron chi connectivity index (χ2n) is 5.62. The number of unbranched alkanes of at least 4 members (excludes halogenated alkanes) is 4. The maximum Gasteiger partial charge on any atom is 0.0984 e. The maximum absolute atomic E-state index is 6.17. The fraction of sp³-hybridized carbons (Fsp3) is 1.00. The molecule has 0 bridgehead atoms. The minimum absolute atomic E-state index is 0.0307. The molecule has 0 aromatic carbocycles. The summed E-state index contributed by atoms with van der Waals surface area (Å²) in [6.45, 7) is 6.44. The molecule has 0 radical (unpaired) electrons. The highest BCUT2D eigenvalue weighted by Crippen LogP contribution is 2.21. The highest BCUT2D eigenvalue weighted by molar-refractivity contribution is 4.89. The third-order valence-corrected chi connectivity index (χ3v) is 3.89. The van der Waals surface area contributed by atoms with Crippen LogP contribution in [-0.4, -0.2) is 45.2 Å². The van der Waals surface area contributed by atoms with Crippen LogP contribution in [0.2, 0.25) is 0 Å². The standard InChI is InChI=1S/C15H31NO3/c1-4-5-6-7-8-9-18-11-13-14(16)15(17-3)12(2)10-19-13/h12-15H,4-11,16H2,1-3H3/t12-,13+,14-,15-/m0/s1. The molecule has 114 valence electrons. The molecule has 0 unspecified atom stereocenters. The van der Waals surface area contributed by atoms with E-state index in [0.29, 0.717) is 19.1 Å². The van der Waals surface area contributed by atoms with Crippen LogP contribution >= 0.6 is 0 Å². The zero-order valence-corrected chi connectivity index (χ0v) is 12.8. The lowest BCUT2D eigenvalue weighted by molar-refractivity contribution is -0.128. The Balaban J connectivity index is 2.12. The molecule has 4 atom stereocenters. The van der Waals surface area contributed by atoms with Crippen molar-refractivity contribution in [3.8, 4) is 0 Å². The van der Waals surface area contributed by atoms with E-state index >= 15 is 0 Å². The summed E-state index contributed by atoms with van der Waals surface area (Å²) < 4.78 is 16.9. The summed E-state index contributed by atoms with van der Waals surface area (Å²) in [4.78, 5) is 0. The Labute approximate surface area is 118 Å². The van der Waals surface area contributed by atoms with Crippen LogP contribution in [0, 0.1) is 5.92 Å². The molecule has 2 N–H and O–H groups in total. The van der Waals surface area contributed by atoms with Crippen molar-refractivity contribution in [1.82, 2.24) is 0 Å². The van der Waals surface area contributed by atoms with Crippen molar-refractivity contribution >= 4 is 0 Å². The van der Waals surface area contributed by atoms with Gasteiger partial charge in [0.25, 0.3) is 0 Å². The number of ether oxygens (including phenoxy) is 3. The Morgan fingerprint density at radius 2 is 1.95 bits per heavy atom. The minimum Gasteiger partial charge on any atom is -0.379 e. The summed E-state index contributed by atoms with van der Waals surface area (Å²) in [7, 11) is 1.72. The highest BCUT2D eigenvalue weighted by atomic mass is 16.5. The van der Waals surface area contributed by atoms with Gasteiger partial charge < -0.3 is 19.9 Å². The molecule has 19 heavy (non-hydrogen) atoms. The van der Waals surface area contributed by atoms with Gasteiger partial charge in [0.1, 0.15) is 0 Å². The summed E-state index contributed by atoms with van der Waals surface area (Å²) in [5, 5.41) is 0. The van der Waals surface area contributed by atoms with Crippen LogP contribution in [0.1, 0.15) is 46.0 Å². The van der Waals surface area contributed by atoms with Gasteiger partial charge in [-0.1, -0.05) is 39.5 Å². The van der Waals surface area contributed by atoms with Gasteiger partial charge in [-0.25, -0.2) is 0 Å². The first kappa shape index (κ1) is 16.9. The monoisotopic (exact) mass is 273 g/mol. The number of rotatable bonds is 9. The molecule has 1 rings (SSSR count). The topological polar surface area (TPSA) is 53.7 Å². The second-order valence-corrected chi connectivity index (χ2v) is 5.62. The van der Waals surface area contributed by atoms with E-state index in [1.54, 1.807) is 7.11 Å². The molecule has 1 aliphatic rings. The fourth-order valence-corrected chi connectivity index (χ4v) is 2.63. The normalized spacial score (nSPS) is 31.6. The highest BCUT2D eigenvalue weighted by Gasteiger charge is 2.36. The van der Waals surface area contributed by atoms with Gasteiger partial charge in [0.05, 0.1) is 31.5 Å². The van der Waals surface area contributed by atoms with Gasteiger partial charge in [0, 0.05) is 19.6 Å². The molecule has 0 amide bonds. The molecular formula is C15H31NO3. The van der Waals surface area contributed by atoms with Gasteiger partial charge in [0.15, 0.2) is 0 Å². The first-order chi connectivity index (χ1) is 9.20. The predicted octanol–water partition coefficient (Wildman–Crippen LogP) is 2.35. The molecule has 0 spiro atoms. The van der Waals surface area contributed by atoms with Crippen molar-refractivity contribution in [2.75, 3.05) is 26.9 Å². The van der Waals surface area contributed by atoms with Gasteiger partial charge in [-0.3, -0.25) is 0 Å². The molecule has 1 fully saturated rings. The largest absolute Gasteiger partial charge is 0.379 e. The predicted molar refractivity (Wildman–Crippen MR) is 77.3 cm³/mol. The van der Waals surface area contributed by atoms with E-state index in [4.69, 9.17) is 19.9 Å². The quantitative estimate of drug-likeness (QED) is 0.655. The van der Waals surface area contributed by atoms with Gasteiger partial charge in [0.2, 0.25) is 0 Å². The Bertz CT molecular complexity index is 225. The lowest BCUT2D eigenvalue weighted by Gasteiger charge is -2.38. The van der Waals surface area contributed by atoms with Crippen LogP contribution in [0.3, 0.4) is 0 Å². The fourth-order valence-electron chi connectivity index (χ4n) is 2.63. The Morgan fingerprint density at radius 3 is 2.63 bits per heavy atom. The SMILES string of the molecule is CCCCCCCOC[C@H]1OC[C@H](C)[C@H](OC)[C@H]1N. The van der Waals surface area contributed by atoms with E-state index in [-0.39, 0.29) is 18.2 Å².